The lowest BCUT2D eigenvalue weighted by atomic mass is 9.98. The van der Waals surface area contributed by atoms with Crippen molar-refractivity contribution >= 4 is 5.97 Å². The third-order valence-corrected chi connectivity index (χ3v) is 4.15. The SMILES string of the molecule is [2H]C([2H])([2H])N1CCc2ccc(Cn3cc(C(=O)OC)c(COC)n3)cc2C1. The van der Waals surface area contributed by atoms with Gasteiger partial charge in [-0.25, -0.2) is 4.79 Å². The number of likely N-dealkylation sites (N-methyl/N-ethyl adjacent to an activating group) is 1. The zero-order chi connectivity index (χ0) is 19.6. The molecule has 24 heavy (non-hydrogen) atoms. The molecule has 0 spiro atoms. The molecule has 1 aliphatic heterocycles. The number of rotatable bonds is 5. The number of hydrogen-bond acceptors (Lipinski definition) is 5. The highest BCUT2D eigenvalue weighted by molar-refractivity contribution is 5.90. The molecule has 0 bridgehead atoms. The summed E-state index contributed by atoms with van der Waals surface area (Å²) in [6.07, 6.45) is 2.37. The van der Waals surface area contributed by atoms with Gasteiger partial charge in [-0.05, 0) is 30.1 Å². The lowest BCUT2D eigenvalue weighted by Crippen LogP contribution is -2.26. The fraction of sp³-hybridized carbons (Fsp3) is 0.444. The maximum absolute atomic E-state index is 11.9. The van der Waals surface area contributed by atoms with Crippen molar-refractivity contribution < 1.29 is 18.4 Å². The van der Waals surface area contributed by atoms with Crippen molar-refractivity contribution in [3.8, 4) is 0 Å². The molecule has 3 rings (SSSR count). The van der Waals surface area contributed by atoms with Crippen LogP contribution in [-0.4, -0.2) is 48.4 Å². The van der Waals surface area contributed by atoms with Gasteiger partial charge in [0, 0.05) is 30.5 Å². The molecule has 0 saturated heterocycles. The topological polar surface area (TPSA) is 56.6 Å². The van der Waals surface area contributed by atoms with Gasteiger partial charge in [-0.1, -0.05) is 18.2 Å². The summed E-state index contributed by atoms with van der Waals surface area (Å²) in [7, 11) is 2.87. The Bertz CT molecular complexity index is 833. The molecule has 1 aromatic carbocycles. The summed E-state index contributed by atoms with van der Waals surface area (Å²) in [5, 5.41) is 4.42. The van der Waals surface area contributed by atoms with Crippen LogP contribution in [0.3, 0.4) is 0 Å². The minimum Gasteiger partial charge on any atom is -0.465 e. The summed E-state index contributed by atoms with van der Waals surface area (Å²) in [4.78, 5) is 13.4. The van der Waals surface area contributed by atoms with Gasteiger partial charge in [-0.3, -0.25) is 4.68 Å². The molecule has 6 nitrogen and oxygen atoms in total. The van der Waals surface area contributed by atoms with Crippen molar-refractivity contribution in [3.05, 3.63) is 52.3 Å². The van der Waals surface area contributed by atoms with E-state index in [0.717, 1.165) is 17.5 Å². The highest BCUT2D eigenvalue weighted by Crippen LogP contribution is 2.20. The Morgan fingerprint density at radius 2 is 2.25 bits per heavy atom. The van der Waals surface area contributed by atoms with Crippen LogP contribution in [0, 0.1) is 0 Å². The minimum atomic E-state index is -2.08. The molecule has 6 heteroatoms. The van der Waals surface area contributed by atoms with Crippen molar-refractivity contribution in [1.29, 1.82) is 0 Å². The fourth-order valence-electron chi connectivity index (χ4n) is 2.96. The Kier molecular flexibility index (Phi) is 3.92. The number of fused-ring (bicyclic) bond motifs is 1. The van der Waals surface area contributed by atoms with Gasteiger partial charge >= 0.3 is 5.97 Å². The molecule has 2 aromatic rings. The molecule has 2 heterocycles. The molecule has 0 amide bonds. The molecule has 0 saturated carbocycles. The predicted molar refractivity (Wildman–Crippen MR) is 89.9 cm³/mol. The number of hydrogen-bond donors (Lipinski definition) is 0. The van der Waals surface area contributed by atoms with E-state index in [0.29, 0.717) is 30.9 Å². The normalized spacial score (nSPS) is 16.8. The largest absolute Gasteiger partial charge is 0.465 e. The van der Waals surface area contributed by atoms with E-state index >= 15 is 0 Å². The second-order valence-electron chi connectivity index (χ2n) is 5.89. The zero-order valence-electron chi connectivity index (χ0n) is 16.9. The van der Waals surface area contributed by atoms with Crippen LogP contribution in [0.2, 0.25) is 0 Å². The molecule has 1 aliphatic rings. The number of esters is 1. The standard InChI is InChI=1S/C18H23N3O3/c1-20-7-6-14-5-4-13(8-15(14)10-20)9-21-11-16(18(22)24-3)17(19-21)12-23-2/h4-5,8,11H,6-7,9-10,12H2,1-3H3/i1D3. The van der Waals surface area contributed by atoms with E-state index in [1.54, 1.807) is 18.0 Å². The van der Waals surface area contributed by atoms with E-state index in [2.05, 4.69) is 5.10 Å². The van der Waals surface area contributed by atoms with E-state index in [9.17, 15) is 4.79 Å². The van der Waals surface area contributed by atoms with Crippen LogP contribution in [0.25, 0.3) is 0 Å². The maximum atomic E-state index is 11.9. The molecule has 0 N–H and O–H groups in total. The second-order valence-corrected chi connectivity index (χ2v) is 5.89. The Morgan fingerprint density at radius 3 is 3.00 bits per heavy atom. The van der Waals surface area contributed by atoms with E-state index in [-0.39, 0.29) is 6.61 Å². The summed E-state index contributed by atoms with van der Waals surface area (Å²) in [6.45, 7) is -0.462. The quantitative estimate of drug-likeness (QED) is 0.782. The Balaban J connectivity index is 1.82. The molecule has 128 valence electrons. The van der Waals surface area contributed by atoms with E-state index in [1.165, 1.54) is 17.6 Å². The molecule has 0 aliphatic carbocycles. The predicted octanol–water partition coefficient (Wildman–Crippen LogP) is 1.85. The van der Waals surface area contributed by atoms with Crippen LogP contribution in [0.4, 0.5) is 0 Å². The van der Waals surface area contributed by atoms with Crippen LogP contribution in [0.1, 0.15) is 36.9 Å². The zero-order valence-corrected chi connectivity index (χ0v) is 13.9. The number of nitrogens with zero attached hydrogens (tertiary/aromatic N) is 3. The molecular formula is C18H23N3O3. The second kappa shape index (κ2) is 7.15. The Hall–Kier alpha value is -2.18. The number of ether oxygens (including phenoxy) is 2. The number of benzene rings is 1. The first-order chi connectivity index (χ1) is 12.8. The van der Waals surface area contributed by atoms with Crippen LogP contribution in [0.5, 0.6) is 0 Å². The van der Waals surface area contributed by atoms with Gasteiger partial charge in [0.2, 0.25) is 0 Å². The molecular weight excluding hydrogens is 306 g/mol. The number of carbonyl (C=O) groups is 1. The average Bonchev–Trinajstić information content (AvgIpc) is 3.02. The van der Waals surface area contributed by atoms with Crippen molar-refractivity contribution in [1.82, 2.24) is 14.7 Å². The molecule has 1 aromatic heterocycles. The molecule has 0 fully saturated rings. The summed E-state index contributed by atoms with van der Waals surface area (Å²) >= 11 is 0. The third-order valence-electron chi connectivity index (χ3n) is 4.15. The van der Waals surface area contributed by atoms with Crippen molar-refractivity contribution in [2.45, 2.75) is 26.1 Å². The lowest BCUT2D eigenvalue weighted by Gasteiger charge is -2.25. The fourth-order valence-corrected chi connectivity index (χ4v) is 2.96. The summed E-state index contributed by atoms with van der Waals surface area (Å²) < 4.78 is 34.4. The smallest absolute Gasteiger partial charge is 0.341 e. The first-order valence-electron chi connectivity index (χ1n) is 9.31. The van der Waals surface area contributed by atoms with Gasteiger partial charge < -0.3 is 14.4 Å². The molecule has 0 radical (unpaired) electrons. The van der Waals surface area contributed by atoms with Crippen molar-refractivity contribution in [2.75, 3.05) is 27.7 Å². The van der Waals surface area contributed by atoms with Gasteiger partial charge in [0.15, 0.2) is 0 Å². The van der Waals surface area contributed by atoms with Gasteiger partial charge in [-0.15, -0.1) is 0 Å². The number of aromatic nitrogens is 2. The first kappa shape index (κ1) is 13.1. The highest BCUT2D eigenvalue weighted by Gasteiger charge is 2.18. The average molecular weight is 332 g/mol. The maximum Gasteiger partial charge on any atom is 0.341 e. The van der Waals surface area contributed by atoms with Gasteiger partial charge in [-0.2, -0.15) is 5.10 Å². The number of carbonyl (C=O) groups excluding carboxylic acids is 1. The highest BCUT2D eigenvalue weighted by atomic mass is 16.5. The van der Waals surface area contributed by atoms with Crippen LogP contribution >= 0.6 is 0 Å². The Labute approximate surface area is 146 Å². The van der Waals surface area contributed by atoms with Gasteiger partial charge in [0.25, 0.3) is 0 Å². The van der Waals surface area contributed by atoms with Crippen LogP contribution in [0.15, 0.2) is 24.4 Å². The monoisotopic (exact) mass is 332 g/mol. The van der Waals surface area contributed by atoms with Gasteiger partial charge in [0.1, 0.15) is 11.3 Å². The van der Waals surface area contributed by atoms with Crippen molar-refractivity contribution in [2.24, 2.45) is 0 Å². The Morgan fingerprint density at radius 1 is 1.38 bits per heavy atom. The van der Waals surface area contributed by atoms with E-state index < -0.39 is 12.9 Å². The van der Waals surface area contributed by atoms with Gasteiger partial charge in [0.05, 0.1) is 20.3 Å². The summed E-state index contributed by atoms with van der Waals surface area (Å²) in [5.41, 5.74) is 4.09. The third kappa shape index (κ3) is 3.49. The van der Waals surface area contributed by atoms with Crippen molar-refractivity contribution in [3.63, 3.8) is 0 Å². The minimum absolute atomic E-state index is 0.217. The van der Waals surface area contributed by atoms with Crippen LogP contribution < -0.4 is 0 Å². The van der Waals surface area contributed by atoms with Crippen LogP contribution in [-0.2, 0) is 35.6 Å². The molecule has 0 atom stereocenters. The first-order valence-corrected chi connectivity index (χ1v) is 7.81. The lowest BCUT2D eigenvalue weighted by molar-refractivity contribution is 0.0595. The number of methoxy groups -OCH3 is 2. The van der Waals surface area contributed by atoms with E-state index in [1.807, 2.05) is 18.2 Å². The summed E-state index contributed by atoms with van der Waals surface area (Å²) in [5.74, 6) is -0.452. The molecule has 0 unspecified atom stereocenters. The van der Waals surface area contributed by atoms with E-state index in [4.69, 9.17) is 13.6 Å². The summed E-state index contributed by atoms with van der Waals surface area (Å²) in [6, 6.07) is 6.07.